The normalized spacial score (nSPS) is 10.4. The van der Waals surface area contributed by atoms with Gasteiger partial charge in [0.25, 0.3) is 5.56 Å². The van der Waals surface area contributed by atoms with E-state index in [0.29, 0.717) is 12.2 Å². The highest BCUT2D eigenvalue weighted by atomic mass is 32.2. The van der Waals surface area contributed by atoms with Gasteiger partial charge < -0.3 is 9.29 Å². The van der Waals surface area contributed by atoms with Crippen LogP contribution in [0.1, 0.15) is 18.2 Å². The molecule has 4 heteroatoms. The van der Waals surface area contributed by atoms with E-state index in [-0.39, 0.29) is 5.56 Å². The van der Waals surface area contributed by atoms with Crippen LogP contribution < -0.4 is 10.3 Å². The molecule has 0 aliphatic heterocycles. The highest BCUT2D eigenvalue weighted by Gasteiger charge is 2.04. The quantitative estimate of drug-likeness (QED) is 0.848. The first-order chi connectivity index (χ1) is 9.22. The van der Waals surface area contributed by atoms with E-state index in [1.165, 1.54) is 17.5 Å². The molecular weight excluding hydrogens is 256 g/mol. The monoisotopic (exact) mass is 274 g/mol. The number of aromatic nitrogens is 1. The maximum Gasteiger partial charge on any atom is 0.274 e. The Balaban J connectivity index is 2.03. The molecule has 0 radical (unpaired) electrons. The van der Waals surface area contributed by atoms with Crippen molar-refractivity contribution in [3.8, 4) is 0 Å². The number of rotatable bonds is 5. The predicted molar refractivity (Wildman–Crippen MR) is 82.5 cm³/mol. The third kappa shape index (κ3) is 3.41. The van der Waals surface area contributed by atoms with Crippen LogP contribution in [-0.2, 0) is 12.3 Å². The Morgan fingerprint density at radius 2 is 1.89 bits per heavy atom. The smallest absolute Gasteiger partial charge is 0.274 e. The van der Waals surface area contributed by atoms with Gasteiger partial charge in [-0.2, -0.15) is 0 Å². The maximum atomic E-state index is 12.2. The van der Waals surface area contributed by atoms with E-state index in [9.17, 15) is 4.79 Å². The molecule has 0 saturated heterocycles. The number of hydrogen-bond acceptors (Lipinski definition) is 3. The molecule has 0 aliphatic carbocycles. The van der Waals surface area contributed by atoms with Gasteiger partial charge in [0.15, 0.2) is 0 Å². The van der Waals surface area contributed by atoms with Crippen molar-refractivity contribution < 1.29 is 0 Å². The Kier molecular flexibility index (Phi) is 4.68. The summed E-state index contributed by atoms with van der Waals surface area (Å²) in [4.78, 5) is 12.2. The van der Waals surface area contributed by atoms with E-state index in [1.54, 1.807) is 4.57 Å². The van der Waals surface area contributed by atoms with Crippen molar-refractivity contribution in [2.45, 2.75) is 26.1 Å². The lowest BCUT2D eigenvalue weighted by molar-refractivity contribution is 0.703. The van der Waals surface area contributed by atoms with E-state index in [4.69, 9.17) is 0 Å². The van der Waals surface area contributed by atoms with Crippen molar-refractivity contribution in [1.82, 2.24) is 4.57 Å². The van der Waals surface area contributed by atoms with E-state index in [2.05, 4.69) is 16.9 Å². The lowest BCUT2D eigenvalue weighted by Crippen LogP contribution is -2.23. The fraction of sp³-hybridized carbons (Fsp3) is 0.267. The zero-order chi connectivity index (χ0) is 13.7. The summed E-state index contributed by atoms with van der Waals surface area (Å²) >= 11 is 1.54. The molecule has 2 aromatic rings. The molecule has 0 amide bonds. The minimum Gasteiger partial charge on any atom is -0.325 e. The summed E-state index contributed by atoms with van der Waals surface area (Å²) in [6.45, 7) is 4.63. The zero-order valence-corrected chi connectivity index (χ0v) is 12.0. The molecule has 0 spiro atoms. The van der Waals surface area contributed by atoms with Crippen LogP contribution in [0, 0.1) is 6.92 Å². The number of hydrogen-bond donors (Lipinski definition) is 1. The lowest BCUT2D eigenvalue weighted by atomic mass is 10.2. The molecular formula is C15H18N2OS. The molecule has 0 unspecified atom stereocenters. The summed E-state index contributed by atoms with van der Waals surface area (Å²) in [5.41, 5.74) is 2.92. The van der Waals surface area contributed by atoms with Crippen molar-refractivity contribution in [1.29, 1.82) is 0 Å². The van der Waals surface area contributed by atoms with Crippen LogP contribution >= 0.6 is 11.9 Å². The molecule has 2 rings (SSSR count). The van der Waals surface area contributed by atoms with Crippen LogP contribution in [0.15, 0.2) is 47.3 Å². The molecule has 1 N–H and O–H groups in total. The number of benzene rings is 1. The summed E-state index contributed by atoms with van der Waals surface area (Å²) < 4.78 is 4.92. The van der Waals surface area contributed by atoms with Gasteiger partial charge in [-0.25, -0.2) is 0 Å². The van der Waals surface area contributed by atoms with Crippen LogP contribution in [0.4, 0.5) is 5.69 Å². The number of pyridine rings is 1. The van der Waals surface area contributed by atoms with Gasteiger partial charge in [0.2, 0.25) is 0 Å². The van der Waals surface area contributed by atoms with Gasteiger partial charge in [-0.05, 0) is 43.5 Å². The van der Waals surface area contributed by atoms with Crippen molar-refractivity contribution in [3.05, 3.63) is 64.1 Å². The van der Waals surface area contributed by atoms with Gasteiger partial charge in [0, 0.05) is 18.0 Å². The summed E-state index contributed by atoms with van der Waals surface area (Å²) in [6.07, 6.45) is 0. The molecule has 1 heterocycles. The number of anilines is 1. The molecule has 0 atom stereocenters. The van der Waals surface area contributed by atoms with Gasteiger partial charge in [0.1, 0.15) is 5.69 Å². The Morgan fingerprint density at radius 1 is 1.16 bits per heavy atom. The van der Waals surface area contributed by atoms with Crippen LogP contribution in [0.5, 0.6) is 0 Å². The van der Waals surface area contributed by atoms with Gasteiger partial charge in [-0.3, -0.25) is 4.79 Å². The minimum absolute atomic E-state index is 0.0445. The molecule has 0 saturated carbocycles. The largest absolute Gasteiger partial charge is 0.325 e. The van der Waals surface area contributed by atoms with Gasteiger partial charge >= 0.3 is 0 Å². The molecule has 19 heavy (non-hydrogen) atoms. The highest BCUT2D eigenvalue weighted by Crippen LogP contribution is 2.14. The maximum absolute atomic E-state index is 12.2. The summed E-state index contributed by atoms with van der Waals surface area (Å²) in [5.74, 6) is 0.834. The first kappa shape index (κ1) is 13.7. The van der Waals surface area contributed by atoms with E-state index in [0.717, 1.165) is 11.4 Å². The number of aryl methyl sites for hydroxylation is 1. The van der Waals surface area contributed by atoms with Gasteiger partial charge in [-0.1, -0.05) is 30.3 Å². The fourth-order valence-electron chi connectivity index (χ4n) is 1.91. The third-order valence-electron chi connectivity index (χ3n) is 2.97. The zero-order valence-electron chi connectivity index (χ0n) is 11.2. The second kappa shape index (κ2) is 6.48. The van der Waals surface area contributed by atoms with Crippen LogP contribution in [0.3, 0.4) is 0 Å². The van der Waals surface area contributed by atoms with Crippen molar-refractivity contribution in [2.24, 2.45) is 0 Å². The molecule has 3 nitrogen and oxygen atoms in total. The highest BCUT2D eigenvalue weighted by molar-refractivity contribution is 7.99. The predicted octanol–water partition coefficient (Wildman–Crippen LogP) is 3.44. The average molecular weight is 274 g/mol. The van der Waals surface area contributed by atoms with Crippen LogP contribution in [0.25, 0.3) is 0 Å². The third-order valence-corrected chi connectivity index (χ3v) is 3.81. The van der Waals surface area contributed by atoms with Gasteiger partial charge in [-0.15, -0.1) is 0 Å². The number of nitrogens with zero attached hydrogens (tertiary/aromatic N) is 1. The van der Waals surface area contributed by atoms with Crippen molar-refractivity contribution in [3.63, 3.8) is 0 Å². The van der Waals surface area contributed by atoms with Crippen LogP contribution in [-0.4, -0.2) is 4.57 Å². The van der Waals surface area contributed by atoms with Crippen LogP contribution in [0.2, 0.25) is 0 Å². The molecule has 0 fully saturated rings. The molecule has 0 bridgehead atoms. The molecule has 0 aliphatic rings. The van der Waals surface area contributed by atoms with E-state index >= 15 is 0 Å². The second-order valence-electron chi connectivity index (χ2n) is 4.31. The Morgan fingerprint density at radius 3 is 2.58 bits per heavy atom. The Labute approximate surface area is 117 Å². The molecule has 1 aromatic heterocycles. The Hall–Kier alpha value is -1.68. The fourth-order valence-corrected chi connectivity index (χ4v) is 2.65. The van der Waals surface area contributed by atoms with E-state index < -0.39 is 0 Å². The summed E-state index contributed by atoms with van der Waals surface area (Å²) in [7, 11) is 0. The summed E-state index contributed by atoms with van der Waals surface area (Å²) in [5, 5.41) is 0. The first-order valence-electron chi connectivity index (χ1n) is 6.34. The second-order valence-corrected chi connectivity index (χ2v) is 5.10. The molecule has 100 valence electrons. The van der Waals surface area contributed by atoms with Crippen molar-refractivity contribution >= 4 is 17.6 Å². The average Bonchev–Trinajstić information content (AvgIpc) is 2.43. The Bertz CT molecular complexity index is 593. The van der Waals surface area contributed by atoms with Crippen molar-refractivity contribution in [2.75, 3.05) is 4.72 Å². The lowest BCUT2D eigenvalue weighted by Gasteiger charge is -2.10. The first-order valence-corrected chi connectivity index (χ1v) is 7.33. The standard InChI is InChI=1S/C15H18N2OS/c1-3-17-12(2)9-10-14(15(17)18)16-19-11-13-7-5-4-6-8-13/h4-10,16H,3,11H2,1-2H3. The van der Waals surface area contributed by atoms with Gasteiger partial charge in [0.05, 0.1) is 0 Å². The van der Waals surface area contributed by atoms with E-state index in [1.807, 2.05) is 44.2 Å². The minimum atomic E-state index is 0.0445. The molecule has 1 aromatic carbocycles. The summed E-state index contributed by atoms with van der Waals surface area (Å²) in [6, 6.07) is 14.0. The SMILES string of the molecule is CCn1c(C)ccc(NSCc2ccccc2)c1=O. The number of nitrogens with one attached hydrogen (secondary N) is 1. The topological polar surface area (TPSA) is 34.0 Å².